The predicted octanol–water partition coefficient (Wildman–Crippen LogP) is 3.20. The first-order valence-corrected chi connectivity index (χ1v) is 8.93. The standard InChI is InChI=1S/C18H24F2N4O2/c1-12(2)17-15(22-11-26-17)9-23-5-3-13(4-6-23)8-24-10-21-14(18(19)20)7-16(24)25/h7,10-13,18H,3-6,8-9H2,1-2H3. The van der Waals surface area contributed by atoms with Crippen LogP contribution in [-0.4, -0.2) is 32.5 Å². The number of alkyl halides is 2. The first kappa shape index (κ1) is 18.7. The SMILES string of the molecule is CC(C)c1ocnc1CN1CCC(Cn2cnc(C(F)F)cc2=O)CC1. The van der Waals surface area contributed by atoms with Crippen LogP contribution in [0.1, 0.15) is 56.2 Å². The Kier molecular flexibility index (Phi) is 5.80. The van der Waals surface area contributed by atoms with E-state index in [-0.39, 0.29) is 0 Å². The van der Waals surface area contributed by atoms with E-state index in [1.807, 2.05) is 0 Å². The van der Waals surface area contributed by atoms with Crippen LogP contribution in [0.25, 0.3) is 0 Å². The number of nitrogens with zero attached hydrogens (tertiary/aromatic N) is 4. The molecule has 3 rings (SSSR count). The van der Waals surface area contributed by atoms with Crippen molar-refractivity contribution in [3.8, 4) is 0 Å². The van der Waals surface area contributed by atoms with Crippen molar-refractivity contribution in [1.29, 1.82) is 0 Å². The minimum atomic E-state index is -2.71. The smallest absolute Gasteiger partial charge is 0.280 e. The Morgan fingerprint density at radius 2 is 2.00 bits per heavy atom. The Bertz CT molecular complexity index is 779. The van der Waals surface area contributed by atoms with Crippen LogP contribution >= 0.6 is 0 Å². The molecule has 8 heteroatoms. The summed E-state index contributed by atoms with van der Waals surface area (Å²) in [6.45, 7) is 7.27. The van der Waals surface area contributed by atoms with E-state index < -0.39 is 17.7 Å². The molecule has 3 heterocycles. The molecule has 2 aromatic heterocycles. The van der Waals surface area contributed by atoms with Gasteiger partial charge in [0.2, 0.25) is 0 Å². The van der Waals surface area contributed by atoms with Crippen LogP contribution in [0.5, 0.6) is 0 Å². The normalized spacial score (nSPS) is 16.7. The molecule has 1 aliphatic rings. The Hall–Kier alpha value is -2.09. The van der Waals surface area contributed by atoms with Gasteiger partial charge >= 0.3 is 0 Å². The minimum absolute atomic E-state index is 0.306. The number of aromatic nitrogens is 3. The fraction of sp³-hybridized carbons (Fsp3) is 0.611. The number of likely N-dealkylation sites (tertiary alicyclic amines) is 1. The molecule has 1 fully saturated rings. The quantitative estimate of drug-likeness (QED) is 0.786. The summed E-state index contributed by atoms with van der Waals surface area (Å²) < 4.78 is 32.1. The zero-order valence-electron chi connectivity index (χ0n) is 15.1. The average Bonchev–Trinajstić information content (AvgIpc) is 3.06. The van der Waals surface area contributed by atoms with Crippen LogP contribution < -0.4 is 5.56 Å². The summed E-state index contributed by atoms with van der Waals surface area (Å²) in [7, 11) is 0. The second-order valence-corrected chi connectivity index (χ2v) is 7.14. The second kappa shape index (κ2) is 8.07. The molecule has 0 radical (unpaired) electrons. The predicted molar refractivity (Wildman–Crippen MR) is 92.0 cm³/mol. The second-order valence-electron chi connectivity index (χ2n) is 7.14. The average molecular weight is 366 g/mol. The summed E-state index contributed by atoms with van der Waals surface area (Å²) in [5.74, 6) is 1.58. The van der Waals surface area contributed by atoms with Gasteiger partial charge in [0.05, 0.1) is 12.0 Å². The first-order valence-electron chi connectivity index (χ1n) is 8.93. The summed E-state index contributed by atoms with van der Waals surface area (Å²) in [6, 6.07) is 0.928. The fourth-order valence-electron chi connectivity index (χ4n) is 3.38. The molecule has 1 aliphatic heterocycles. The van der Waals surface area contributed by atoms with Crippen LogP contribution in [-0.2, 0) is 13.1 Å². The van der Waals surface area contributed by atoms with Gasteiger partial charge in [-0.2, -0.15) is 0 Å². The van der Waals surface area contributed by atoms with Crippen molar-refractivity contribution in [2.24, 2.45) is 5.92 Å². The van der Waals surface area contributed by atoms with Gasteiger partial charge < -0.3 is 4.42 Å². The van der Waals surface area contributed by atoms with E-state index in [0.29, 0.717) is 18.4 Å². The van der Waals surface area contributed by atoms with Gasteiger partial charge in [-0.3, -0.25) is 14.3 Å². The summed E-state index contributed by atoms with van der Waals surface area (Å²) in [5.41, 5.74) is 0.109. The maximum atomic E-state index is 12.6. The van der Waals surface area contributed by atoms with Gasteiger partial charge in [0.1, 0.15) is 11.5 Å². The van der Waals surface area contributed by atoms with Crippen molar-refractivity contribution in [2.45, 2.75) is 52.1 Å². The minimum Gasteiger partial charge on any atom is -0.448 e. The van der Waals surface area contributed by atoms with E-state index in [1.165, 1.54) is 17.3 Å². The summed E-state index contributed by atoms with van der Waals surface area (Å²) in [6.07, 6.45) is 1.91. The molecule has 0 N–H and O–H groups in total. The van der Waals surface area contributed by atoms with E-state index in [1.54, 1.807) is 0 Å². The highest BCUT2D eigenvalue weighted by Crippen LogP contribution is 2.24. The van der Waals surface area contributed by atoms with Crippen LogP contribution in [0, 0.1) is 5.92 Å². The Balaban J connectivity index is 1.54. The molecule has 0 unspecified atom stereocenters. The van der Waals surface area contributed by atoms with Gasteiger partial charge in [-0.05, 0) is 31.8 Å². The zero-order chi connectivity index (χ0) is 18.7. The molecule has 2 aromatic rings. The van der Waals surface area contributed by atoms with E-state index in [0.717, 1.165) is 50.0 Å². The molecule has 0 aromatic carbocycles. The van der Waals surface area contributed by atoms with Crippen molar-refractivity contribution in [1.82, 2.24) is 19.4 Å². The third kappa shape index (κ3) is 4.35. The van der Waals surface area contributed by atoms with Crippen LogP contribution in [0.15, 0.2) is 28.0 Å². The highest BCUT2D eigenvalue weighted by Gasteiger charge is 2.23. The molecule has 0 aliphatic carbocycles. The number of piperidine rings is 1. The lowest BCUT2D eigenvalue weighted by molar-refractivity contribution is 0.144. The van der Waals surface area contributed by atoms with Gasteiger partial charge in [0.15, 0.2) is 6.39 Å². The number of hydrogen-bond acceptors (Lipinski definition) is 5. The van der Waals surface area contributed by atoms with Crippen molar-refractivity contribution in [2.75, 3.05) is 13.1 Å². The lowest BCUT2D eigenvalue weighted by Crippen LogP contribution is -2.36. The molecule has 142 valence electrons. The maximum Gasteiger partial charge on any atom is 0.280 e. The van der Waals surface area contributed by atoms with Gasteiger partial charge in [0.25, 0.3) is 12.0 Å². The monoisotopic (exact) mass is 366 g/mol. The highest BCUT2D eigenvalue weighted by molar-refractivity contribution is 5.11. The Morgan fingerprint density at radius 3 is 2.62 bits per heavy atom. The van der Waals surface area contributed by atoms with E-state index >= 15 is 0 Å². The van der Waals surface area contributed by atoms with E-state index in [4.69, 9.17) is 4.42 Å². The number of halogens is 2. The molecule has 0 atom stereocenters. The Morgan fingerprint density at radius 1 is 1.27 bits per heavy atom. The molecule has 0 saturated carbocycles. The van der Waals surface area contributed by atoms with Crippen molar-refractivity contribution >= 4 is 0 Å². The summed E-state index contributed by atoms with van der Waals surface area (Å²) in [4.78, 5) is 22.3. The third-order valence-corrected chi connectivity index (χ3v) is 4.86. The number of rotatable bonds is 6. The van der Waals surface area contributed by atoms with Gasteiger partial charge in [-0.25, -0.2) is 18.7 Å². The maximum absolute atomic E-state index is 12.6. The third-order valence-electron chi connectivity index (χ3n) is 4.86. The van der Waals surface area contributed by atoms with Crippen LogP contribution in [0.3, 0.4) is 0 Å². The lowest BCUT2D eigenvalue weighted by atomic mass is 9.96. The molecule has 0 amide bonds. The molecule has 26 heavy (non-hydrogen) atoms. The summed E-state index contributed by atoms with van der Waals surface area (Å²) in [5, 5.41) is 0. The largest absolute Gasteiger partial charge is 0.448 e. The van der Waals surface area contributed by atoms with Gasteiger partial charge in [-0.1, -0.05) is 13.8 Å². The van der Waals surface area contributed by atoms with E-state index in [2.05, 4.69) is 28.7 Å². The number of hydrogen-bond donors (Lipinski definition) is 0. The van der Waals surface area contributed by atoms with Crippen molar-refractivity contribution in [3.05, 3.63) is 46.3 Å². The van der Waals surface area contributed by atoms with Crippen LogP contribution in [0.2, 0.25) is 0 Å². The molecule has 6 nitrogen and oxygen atoms in total. The van der Waals surface area contributed by atoms with Gasteiger partial charge in [-0.15, -0.1) is 0 Å². The molecule has 0 spiro atoms. The Labute approximate surface area is 150 Å². The topological polar surface area (TPSA) is 64.2 Å². The summed E-state index contributed by atoms with van der Waals surface area (Å²) >= 11 is 0. The zero-order valence-corrected chi connectivity index (χ0v) is 15.1. The fourth-order valence-corrected chi connectivity index (χ4v) is 3.38. The molecular weight excluding hydrogens is 342 g/mol. The first-order chi connectivity index (χ1) is 12.4. The molecular formula is C18H24F2N4O2. The van der Waals surface area contributed by atoms with Crippen LogP contribution in [0.4, 0.5) is 8.78 Å². The lowest BCUT2D eigenvalue weighted by Gasteiger charge is -2.31. The van der Waals surface area contributed by atoms with Crippen molar-refractivity contribution in [3.63, 3.8) is 0 Å². The number of oxazole rings is 1. The van der Waals surface area contributed by atoms with Crippen molar-refractivity contribution < 1.29 is 13.2 Å². The van der Waals surface area contributed by atoms with Gasteiger partial charge in [0, 0.05) is 25.1 Å². The highest BCUT2D eigenvalue weighted by atomic mass is 19.3. The van der Waals surface area contributed by atoms with E-state index in [9.17, 15) is 13.6 Å². The molecule has 1 saturated heterocycles. The molecule has 0 bridgehead atoms.